The van der Waals surface area contributed by atoms with Gasteiger partial charge in [-0.2, -0.15) is 0 Å². The molecule has 0 amide bonds. The van der Waals surface area contributed by atoms with Crippen LogP contribution in [0.3, 0.4) is 0 Å². The number of nitrogens with two attached hydrogens (primary N) is 1. The molecule has 1 aliphatic rings. The summed E-state index contributed by atoms with van der Waals surface area (Å²) in [6, 6.07) is 1.18. The minimum Gasteiger partial charge on any atom is -0.391 e. The normalized spacial score (nSPS) is 33.6. The van der Waals surface area contributed by atoms with Gasteiger partial charge in [0.05, 0.1) is 6.10 Å². The van der Waals surface area contributed by atoms with E-state index in [9.17, 15) is 19.8 Å². The van der Waals surface area contributed by atoms with Crippen LogP contribution < -0.4 is 17.0 Å². The van der Waals surface area contributed by atoms with E-state index in [1.54, 1.807) is 0 Å². The van der Waals surface area contributed by atoms with Crippen LogP contribution in [0.2, 0.25) is 0 Å². The zero-order valence-corrected chi connectivity index (χ0v) is 11.6. The van der Waals surface area contributed by atoms with Crippen LogP contribution in [-0.4, -0.2) is 43.6 Å². The number of nitrogens with zero attached hydrogens (tertiary/aromatic N) is 1. The van der Waals surface area contributed by atoms with Gasteiger partial charge in [-0.3, -0.25) is 14.3 Å². The first-order chi connectivity index (χ1) is 9.72. The van der Waals surface area contributed by atoms with E-state index >= 15 is 0 Å². The van der Waals surface area contributed by atoms with E-state index in [0.717, 1.165) is 4.57 Å². The highest BCUT2D eigenvalue weighted by Gasteiger charge is 2.55. The number of aromatic amines is 1. The molecule has 114 valence electrons. The average Bonchev–Trinajstić information content (AvgIpc) is 2.63. The topological polar surface area (TPSA) is 131 Å². The Balaban J connectivity index is 2.61. The van der Waals surface area contributed by atoms with Crippen molar-refractivity contribution in [1.82, 2.24) is 9.55 Å². The fourth-order valence-electron chi connectivity index (χ4n) is 2.47. The van der Waals surface area contributed by atoms with Gasteiger partial charge >= 0.3 is 5.69 Å². The Bertz CT molecular complexity index is 701. The molecule has 8 nitrogen and oxygen atoms in total. The van der Waals surface area contributed by atoms with Crippen molar-refractivity contribution in [2.24, 2.45) is 5.73 Å². The van der Waals surface area contributed by atoms with Crippen molar-refractivity contribution >= 4 is 0 Å². The van der Waals surface area contributed by atoms with Gasteiger partial charge in [0.1, 0.15) is 12.2 Å². The molecule has 0 spiro atoms. The minimum atomic E-state index is -1.71. The van der Waals surface area contributed by atoms with E-state index in [0.29, 0.717) is 0 Å². The van der Waals surface area contributed by atoms with Gasteiger partial charge in [-0.15, -0.1) is 6.42 Å². The second-order valence-corrected chi connectivity index (χ2v) is 5.17. The van der Waals surface area contributed by atoms with Gasteiger partial charge < -0.3 is 20.7 Å². The summed E-state index contributed by atoms with van der Waals surface area (Å²) in [5, 5.41) is 19.9. The predicted molar refractivity (Wildman–Crippen MR) is 73.4 cm³/mol. The van der Waals surface area contributed by atoms with E-state index in [2.05, 4.69) is 10.9 Å². The fourth-order valence-corrected chi connectivity index (χ4v) is 2.47. The molecule has 1 saturated heterocycles. The molecular weight excluding hydrogens is 278 g/mol. The second-order valence-electron chi connectivity index (χ2n) is 5.17. The summed E-state index contributed by atoms with van der Waals surface area (Å²) < 4.78 is 6.57. The molecule has 8 heteroatoms. The predicted octanol–water partition coefficient (Wildman–Crippen LogP) is -2.19. The number of ether oxygens (including phenoxy) is 1. The molecule has 1 aromatic rings. The standard InChI is InChI=1S/C13H17N3O5/c1-4-13(14)10(19)9(7(3)17)21-11(13)16-6(2)5-8(18)15-12(16)20/h1,5,7,9-11,17,19H,14H2,2-3H3,(H,15,18,20)/t7-,9-,10+,11-,13?/m1/s1. The van der Waals surface area contributed by atoms with Crippen molar-refractivity contribution in [3.63, 3.8) is 0 Å². The number of aliphatic hydroxyl groups is 2. The maximum Gasteiger partial charge on any atom is 0.330 e. The SMILES string of the molecule is C#CC1(N)[C@@H](O)[C@@H]([C@@H](C)O)O[C@H]1n1c(C)cc(=O)[nH]c1=O. The molecule has 1 aromatic heterocycles. The van der Waals surface area contributed by atoms with Crippen molar-refractivity contribution in [3.8, 4) is 12.3 Å². The number of nitrogens with one attached hydrogen (secondary N) is 1. The van der Waals surface area contributed by atoms with Gasteiger partial charge in [-0.05, 0) is 13.8 Å². The molecule has 0 saturated carbocycles. The molecule has 0 aromatic carbocycles. The Labute approximate surface area is 120 Å². The number of hydrogen-bond acceptors (Lipinski definition) is 6. The van der Waals surface area contributed by atoms with Crippen LogP contribution >= 0.6 is 0 Å². The van der Waals surface area contributed by atoms with E-state index in [-0.39, 0.29) is 5.69 Å². The number of aromatic nitrogens is 2. The molecule has 1 aliphatic heterocycles. The smallest absolute Gasteiger partial charge is 0.330 e. The van der Waals surface area contributed by atoms with Crippen LogP contribution in [0.15, 0.2) is 15.7 Å². The lowest BCUT2D eigenvalue weighted by Crippen LogP contribution is -2.56. The van der Waals surface area contributed by atoms with Crippen LogP contribution in [-0.2, 0) is 4.74 Å². The third-order valence-electron chi connectivity index (χ3n) is 3.62. The summed E-state index contributed by atoms with van der Waals surface area (Å²) in [7, 11) is 0. The van der Waals surface area contributed by atoms with Gasteiger partial charge in [0, 0.05) is 11.8 Å². The summed E-state index contributed by atoms with van der Waals surface area (Å²) in [4.78, 5) is 25.4. The van der Waals surface area contributed by atoms with Crippen LogP contribution in [0.1, 0.15) is 18.8 Å². The van der Waals surface area contributed by atoms with Crippen LogP contribution in [0.5, 0.6) is 0 Å². The summed E-state index contributed by atoms with van der Waals surface area (Å²) in [6.45, 7) is 2.93. The van der Waals surface area contributed by atoms with E-state index in [1.165, 1.54) is 19.9 Å². The minimum absolute atomic E-state index is 0.275. The van der Waals surface area contributed by atoms with Crippen molar-refractivity contribution in [1.29, 1.82) is 0 Å². The first kappa shape index (κ1) is 15.5. The second kappa shape index (κ2) is 5.13. The third-order valence-corrected chi connectivity index (χ3v) is 3.62. The molecule has 0 bridgehead atoms. The summed E-state index contributed by atoms with van der Waals surface area (Å²) in [5.41, 5.74) is 3.25. The van der Waals surface area contributed by atoms with Gasteiger partial charge in [-0.1, -0.05) is 5.92 Å². The van der Waals surface area contributed by atoms with E-state index < -0.39 is 41.3 Å². The Morgan fingerprint density at radius 2 is 2.24 bits per heavy atom. The van der Waals surface area contributed by atoms with E-state index in [4.69, 9.17) is 16.9 Å². The zero-order valence-electron chi connectivity index (χ0n) is 11.6. The van der Waals surface area contributed by atoms with Gasteiger partial charge in [0.15, 0.2) is 11.8 Å². The quantitative estimate of drug-likeness (QED) is 0.459. The summed E-state index contributed by atoms with van der Waals surface area (Å²) >= 11 is 0. The highest BCUT2D eigenvalue weighted by Crippen LogP contribution is 2.37. The first-order valence-electron chi connectivity index (χ1n) is 6.33. The number of hydrogen-bond donors (Lipinski definition) is 4. The number of terminal acetylenes is 1. The van der Waals surface area contributed by atoms with Crippen LogP contribution in [0.25, 0.3) is 0 Å². The zero-order chi connectivity index (χ0) is 15.9. The Morgan fingerprint density at radius 1 is 1.62 bits per heavy atom. The Kier molecular flexibility index (Phi) is 3.78. The molecule has 2 heterocycles. The van der Waals surface area contributed by atoms with Crippen molar-refractivity contribution in [2.45, 2.75) is 43.9 Å². The van der Waals surface area contributed by atoms with Crippen molar-refractivity contribution in [3.05, 3.63) is 32.6 Å². The van der Waals surface area contributed by atoms with Gasteiger partial charge in [0.2, 0.25) is 0 Å². The molecule has 21 heavy (non-hydrogen) atoms. The summed E-state index contributed by atoms with van der Waals surface area (Å²) in [5.74, 6) is 2.23. The Hall–Kier alpha value is -1.92. The maximum absolute atomic E-state index is 12.0. The fraction of sp³-hybridized carbons (Fsp3) is 0.538. The van der Waals surface area contributed by atoms with E-state index in [1.807, 2.05) is 0 Å². The van der Waals surface area contributed by atoms with Gasteiger partial charge in [0.25, 0.3) is 5.56 Å². The molecule has 0 aliphatic carbocycles. The lowest BCUT2D eigenvalue weighted by atomic mass is 9.90. The number of H-pyrrole nitrogens is 1. The molecule has 5 atom stereocenters. The highest BCUT2D eigenvalue weighted by atomic mass is 16.5. The molecule has 1 fully saturated rings. The lowest BCUT2D eigenvalue weighted by Gasteiger charge is -2.28. The Morgan fingerprint density at radius 3 is 2.71 bits per heavy atom. The monoisotopic (exact) mass is 295 g/mol. The number of rotatable bonds is 2. The van der Waals surface area contributed by atoms with Crippen LogP contribution in [0, 0.1) is 19.3 Å². The molecule has 0 radical (unpaired) electrons. The summed E-state index contributed by atoms with van der Waals surface area (Å²) in [6.07, 6.45) is 0.729. The number of aliphatic hydroxyl groups excluding tert-OH is 2. The molecule has 1 unspecified atom stereocenters. The highest BCUT2D eigenvalue weighted by molar-refractivity contribution is 5.24. The third kappa shape index (κ3) is 2.30. The van der Waals surface area contributed by atoms with Gasteiger partial charge in [-0.25, -0.2) is 4.79 Å². The lowest BCUT2D eigenvalue weighted by molar-refractivity contribution is -0.0784. The largest absolute Gasteiger partial charge is 0.391 e. The molecule has 5 N–H and O–H groups in total. The molecular formula is C13H17N3O5. The average molecular weight is 295 g/mol. The molecule has 2 rings (SSSR count). The first-order valence-corrected chi connectivity index (χ1v) is 6.33. The van der Waals surface area contributed by atoms with Crippen molar-refractivity contribution in [2.75, 3.05) is 0 Å². The van der Waals surface area contributed by atoms with Crippen LogP contribution in [0.4, 0.5) is 0 Å². The van der Waals surface area contributed by atoms with Crippen molar-refractivity contribution < 1.29 is 14.9 Å². The maximum atomic E-state index is 12.0. The number of aryl methyl sites for hydroxylation is 1.